The molecule has 6 rings (SSSR count). The van der Waals surface area contributed by atoms with Crippen molar-refractivity contribution >= 4 is 17.7 Å². The number of ketones is 1. The van der Waals surface area contributed by atoms with E-state index in [1.807, 2.05) is 0 Å². The lowest BCUT2D eigenvalue weighted by atomic mass is 9.33. The average Bonchev–Trinajstić information content (AvgIpc) is 3.36. The molecule has 4 saturated carbocycles. The smallest absolute Gasteiger partial charge is 0.309 e. The quantitative estimate of drug-likeness (QED) is 0.207. The molecule has 288 valence electrons. The van der Waals surface area contributed by atoms with Crippen molar-refractivity contribution < 1.29 is 33.7 Å². The van der Waals surface area contributed by atoms with Gasteiger partial charge < -0.3 is 20.3 Å². The third-order valence-electron chi connectivity index (χ3n) is 16.1. The number of esters is 1. The fourth-order valence-electron chi connectivity index (χ4n) is 13.1. The number of nitrogens with one attached hydrogen (secondary N) is 1. The molecule has 9 atom stereocenters. The summed E-state index contributed by atoms with van der Waals surface area (Å²) < 4.78 is 19.6. The highest BCUT2D eigenvalue weighted by molar-refractivity contribution is 6.00. The van der Waals surface area contributed by atoms with E-state index in [-0.39, 0.29) is 57.6 Å². The molecule has 8 heteroatoms. The van der Waals surface area contributed by atoms with Crippen LogP contribution in [0, 0.1) is 62.0 Å². The van der Waals surface area contributed by atoms with Crippen LogP contribution < -0.4 is 5.32 Å². The van der Waals surface area contributed by atoms with Crippen LogP contribution in [0.5, 0.6) is 0 Å². The van der Waals surface area contributed by atoms with Crippen molar-refractivity contribution in [1.82, 2.24) is 5.32 Å². The largest absolute Gasteiger partial charge is 0.481 e. The number of carbonyl (C=O) groups excluding carboxylic acids is 2. The second kappa shape index (κ2) is 13.3. The minimum Gasteiger partial charge on any atom is -0.481 e. The molecule has 0 heterocycles. The van der Waals surface area contributed by atoms with Crippen LogP contribution in [0.4, 0.5) is 4.39 Å². The molecule has 1 aromatic carbocycles. The lowest BCUT2D eigenvalue weighted by Crippen LogP contribution is -2.66. The Bertz CT molecular complexity index is 1610. The number of hydrogen-bond acceptors (Lipinski definition) is 6. The average molecular weight is 722 g/mol. The number of rotatable bonds is 10. The summed E-state index contributed by atoms with van der Waals surface area (Å²) in [5, 5.41) is 25.1. The van der Waals surface area contributed by atoms with E-state index in [1.54, 1.807) is 26.0 Å². The van der Waals surface area contributed by atoms with Crippen LogP contribution in [-0.2, 0) is 25.7 Å². The molecule has 0 spiro atoms. The number of allylic oxidation sites excluding steroid dienone is 1. The molecule has 0 saturated heterocycles. The van der Waals surface area contributed by atoms with Gasteiger partial charge in [-0.2, -0.15) is 0 Å². The normalized spacial score (nSPS) is 37.5. The summed E-state index contributed by atoms with van der Waals surface area (Å²) in [6, 6.07) is 6.44. The zero-order chi connectivity index (χ0) is 38.2. The topological polar surface area (TPSA) is 113 Å². The predicted octanol–water partition coefficient (Wildman–Crippen LogP) is 8.67. The van der Waals surface area contributed by atoms with Crippen molar-refractivity contribution in [3.8, 4) is 0 Å². The number of aliphatic carboxylic acids is 1. The number of halogens is 1. The monoisotopic (exact) mass is 721 g/mol. The molecular formula is C44H64FNO6. The summed E-state index contributed by atoms with van der Waals surface area (Å²) in [4.78, 5) is 38.8. The van der Waals surface area contributed by atoms with Crippen LogP contribution in [0.3, 0.4) is 0 Å². The van der Waals surface area contributed by atoms with E-state index in [1.165, 1.54) is 17.7 Å². The van der Waals surface area contributed by atoms with Gasteiger partial charge in [0.15, 0.2) is 5.78 Å². The van der Waals surface area contributed by atoms with Gasteiger partial charge in [-0.05, 0) is 128 Å². The zero-order valence-corrected chi connectivity index (χ0v) is 33.2. The van der Waals surface area contributed by atoms with Gasteiger partial charge in [0.25, 0.3) is 0 Å². The summed E-state index contributed by atoms with van der Waals surface area (Å²) in [7, 11) is 0. The van der Waals surface area contributed by atoms with Gasteiger partial charge in [-0.1, -0.05) is 66.2 Å². The Morgan fingerprint density at radius 2 is 1.62 bits per heavy atom. The van der Waals surface area contributed by atoms with Gasteiger partial charge in [0.2, 0.25) is 0 Å². The maximum absolute atomic E-state index is 14.0. The molecule has 0 radical (unpaired) electrons. The molecule has 1 aromatic rings. The van der Waals surface area contributed by atoms with Crippen molar-refractivity contribution in [2.24, 2.45) is 56.2 Å². The van der Waals surface area contributed by atoms with Crippen LogP contribution in [0.1, 0.15) is 132 Å². The van der Waals surface area contributed by atoms with Crippen LogP contribution in [0.2, 0.25) is 0 Å². The van der Waals surface area contributed by atoms with Crippen LogP contribution in [-0.4, -0.2) is 46.7 Å². The van der Waals surface area contributed by atoms with Gasteiger partial charge in [-0.15, -0.1) is 0 Å². The summed E-state index contributed by atoms with van der Waals surface area (Å²) in [6.45, 7) is 20.4. The predicted molar refractivity (Wildman–Crippen MR) is 199 cm³/mol. The van der Waals surface area contributed by atoms with Crippen molar-refractivity contribution in [2.75, 3.05) is 6.54 Å². The first kappa shape index (κ1) is 39.1. The highest BCUT2D eigenvalue weighted by Crippen LogP contribution is 2.77. The number of Topliss-reactive ketones (excluding diaryl/α,β-unsaturated/α-hetero) is 1. The van der Waals surface area contributed by atoms with E-state index in [9.17, 15) is 29.0 Å². The van der Waals surface area contributed by atoms with Gasteiger partial charge in [-0.3, -0.25) is 14.4 Å². The molecule has 52 heavy (non-hydrogen) atoms. The number of aliphatic hydroxyl groups excluding tert-OH is 1. The summed E-state index contributed by atoms with van der Waals surface area (Å²) >= 11 is 0. The number of fused-ring (bicyclic) bond motifs is 7. The van der Waals surface area contributed by atoms with Gasteiger partial charge in [0, 0.05) is 30.3 Å². The number of ether oxygens (including phenoxy) is 1. The number of carboxylic acid groups (broad SMARTS) is 1. The first-order valence-corrected chi connectivity index (χ1v) is 20.0. The van der Waals surface area contributed by atoms with Gasteiger partial charge in [0.05, 0.1) is 17.9 Å². The molecule has 7 nitrogen and oxygen atoms in total. The Morgan fingerprint density at radius 3 is 2.25 bits per heavy atom. The van der Waals surface area contributed by atoms with E-state index in [4.69, 9.17) is 4.74 Å². The van der Waals surface area contributed by atoms with Crippen molar-refractivity contribution in [3.63, 3.8) is 0 Å². The van der Waals surface area contributed by atoms with E-state index >= 15 is 0 Å². The number of carbonyl (C=O) groups is 3. The highest BCUT2D eigenvalue weighted by Gasteiger charge is 2.70. The molecule has 0 amide bonds. The first-order chi connectivity index (χ1) is 24.1. The second-order valence-corrected chi connectivity index (χ2v) is 19.8. The highest BCUT2D eigenvalue weighted by atomic mass is 19.1. The fraction of sp³-hybridized carbons (Fsp3) is 0.750. The SMILES string of the molecule is CC(C)C1=C2[C@H]3CC[C@@H]4[C@@]5(C)CC[C@H](OC(=O)CC(C)(C)C(=O)O)C(C)(C)[C@@H]5CC[C@@]4(C)[C@]3(C)CC[C@]2([C@@H](O)CNCc2ccc(F)cc2)CC1=O. The molecule has 0 bridgehead atoms. The minimum absolute atomic E-state index is 0.0327. The Kier molecular flexibility index (Phi) is 10.0. The maximum atomic E-state index is 14.0. The van der Waals surface area contributed by atoms with Crippen molar-refractivity contribution in [1.29, 1.82) is 0 Å². The molecule has 5 aliphatic carbocycles. The lowest BCUT2D eigenvalue weighted by Gasteiger charge is -2.72. The summed E-state index contributed by atoms with van der Waals surface area (Å²) in [5.41, 5.74) is 1.22. The third-order valence-corrected chi connectivity index (χ3v) is 16.1. The molecule has 5 aliphatic rings. The van der Waals surface area contributed by atoms with E-state index in [0.29, 0.717) is 31.3 Å². The van der Waals surface area contributed by atoms with Crippen molar-refractivity contribution in [2.45, 2.75) is 145 Å². The Hall–Kier alpha value is -2.58. The fourth-order valence-corrected chi connectivity index (χ4v) is 13.1. The van der Waals surface area contributed by atoms with Gasteiger partial charge >= 0.3 is 11.9 Å². The molecule has 4 fully saturated rings. The molecule has 0 aliphatic heterocycles. The van der Waals surface area contributed by atoms with Gasteiger partial charge in [-0.25, -0.2) is 4.39 Å². The van der Waals surface area contributed by atoms with Crippen LogP contribution in [0.15, 0.2) is 35.4 Å². The van der Waals surface area contributed by atoms with E-state index in [0.717, 1.165) is 62.5 Å². The number of aliphatic hydroxyl groups is 1. The van der Waals surface area contributed by atoms with E-state index < -0.39 is 28.9 Å². The molecule has 0 aromatic heterocycles. The summed E-state index contributed by atoms with van der Waals surface area (Å²) in [6.07, 6.45) is 6.91. The maximum Gasteiger partial charge on any atom is 0.309 e. The molecular weight excluding hydrogens is 657 g/mol. The third kappa shape index (κ3) is 6.01. The van der Waals surface area contributed by atoms with E-state index in [2.05, 4.69) is 53.8 Å². The lowest BCUT2D eigenvalue weighted by molar-refractivity contribution is -0.235. The second-order valence-electron chi connectivity index (χ2n) is 19.8. The van der Waals surface area contributed by atoms with Gasteiger partial charge in [0.1, 0.15) is 11.9 Å². The standard InChI is InChI=1S/C44H64FNO6/c1-26(2)36-30(47)22-44(33(48)25-46-24-27-10-12-28(45)13-11-27)21-20-42(8)29(37(36)44)14-15-32-41(7)18-17-34(52-35(49)23-39(3,4)38(50)51)40(5,6)31(41)16-19-43(32,42)9/h10-13,26,29,31-34,46,48H,14-25H2,1-9H3,(H,50,51)/t29-,31+,32-,33+,34+,41+,42-,43-,44-/m1/s1. The summed E-state index contributed by atoms with van der Waals surface area (Å²) in [5.74, 6) is -0.356. The van der Waals surface area contributed by atoms with Crippen LogP contribution in [0.25, 0.3) is 0 Å². The molecule has 3 N–H and O–H groups in total. The number of benzene rings is 1. The minimum atomic E-state index is -1.17. The first-order valence-electron chi connectivity index (χ1n) is 20.0. The number of hydrogen-bond donors (Lipinski definition) is 3. The van der Waals surface area contributed by atoms with Crippen LogP contribution >= 0.6 is 0 Å². The zero-order valence-electron chi connectivity index (χ0n) is 33.2. The Morgan fingerprint density at radius 1 is 0.942 bits per heavy atom. The Balaban J connectivity index is 1.26. The van der Waals surface area contributed by atoms with Crippen molar-refractivity contribution in [3.05, 3.63) is 46.8 Å². The number of carboxylic acids is 1. The Labute approximate surface area is 310 Å². The molecule has 0 unspecified atom stereocenters.